The molecular weight excluding hydrogens is 325 g/mol. The Morgan fingerprint density at radius 1 is 1.27 bits per heavy atom. The maximum absolute atomic E-state index is 12.5. The molecule has 9 heteroatoms. The first-order chi connectivity index (χ1) is 10.3. The summed E-state index contributed by atoms with van der Waals surface area (Å²) in [5.41, 5.74) is -1.03. The van der Waals surface area contributed by atoms with Gasteiger partial charge in [-0.1, -0.05) is 11.6 Å². The summed E-state index contributed by atoms with van der Waals surface area (Å²) in [6, 6.07) is 2.41. The van der Waals surface area contributed by atoms with Crippen LogP contribution in [0.5, 0.6) is 0 Å². The zero-order valence-electron chi connectivity index (χ0n) is 11.6. The van der Waals surface area contributed by atoms with Gasteiger partial charge in [0.1, 0.15) is 0 Å². The number of carbonyl (C=O) groups excluding carboxylic acids is 2. The third-order valence-electron chi connectivity index (χ3n) is 2.49. The minimum absolute atomic E-state index is 0.0837. The summed E-state index contributed by atoms with van der Waals surface area (Å²) < 4.78 is 42.4. The highest BCUT2D eigenvalue weighted by atomic mass is 35.5. The number of rotatable bonds is 5. The molecule has 0 atom stereocenters. The number of benzene rings is 1. The van der Waals surface area contributed by atoms with Crippen LogP contribution in [0.1, 0.15) is 12.5 Å². The molecule has 1 rings (SSSR count). The van der Waals surface area contributed by atoms with Gasteiger partial charge in [-0.05, 0) is 25.1 Å². The third-order valence-corrected chi connectivity index (χ3v) is 2.80. The van der Waals surface area contributed by atoms with Crippen LogP contribution in [-0.4, -0.2) is 31.6 Å². The van der Waals surface area contributed by atoms with Crippen molar-refractivity contribution < 1.29 is 27.5 Å². The Balaban J connectivity index is 2.63. The zero-order valence-corrected chi connectivity index (χ0v) is 12.3. The highest BCUT2D eigenvalue weighted by Crippen LogP contribution is 2.33. The van der Waals surface area contributed by atoms with E-state index in [0.717, 1.165) is 12.1 Å². The van der Waals surface area contributed by atoms with Crippen molar-refractivity contribution in [1.82, 2.24) is 5.32 Å². The van der Waals surface area contributed by atoms with E-state index in [1.807, 2.05) is 0 Å². The SMILES string of the molecule is CCOCCNC(=O)C(=O)Nc1ccc(C(F)(F)F)cc1Cl. The maximum atomic E-state index is 12.5. The average Bonchev–Trinajstić information content (AvgIpc) is 2.44. The van der Waals surface area contributed by atoms with Crippen LogP contribution >= 0.6 is 11.6 Å². The molecule has 2 N–H and O–H groups in total. The molecule has 0 spiro atoms. The van der Waals surface area contributed by atoms with Gasteiger partial charge < -0.3 is 15.4 Å². The smallest absolute Gasteiger partial charge is 0.380 e. The van der Waals surface area contributed by atoms with Crippen LogP contribution in [0.4, 0.5) is 18.9 Å². The van der Waals surface area contributed by atoms with Gasteiger partial charge in [0.25, 0.3) is 0 Å². The number of alkyl halides is 3. The predicted molar refractivity (Wildman–Crippen MR) is 74.6 cm³/mol. The van der Waals surface area contributed by atoms with Crippen molar-refractivity contribution in [2.75, 3.05) is 25.1 Å². The van der Waals surface area contributed by atoms with Gasteiger partial charge in [-0.3, -0.25) is 9.59 Å². The fourth-order valence-electron chi connectivity index (χ4n) is 1.43. The van der Waals surface area contributed by atoms with Gasteiger partial charge in [0.05, 0.1) is 22.9 Å². The van der Waals surface area contributed by atoms with Crippen LogP contribution in [0, 0.1) is 0 Å². The Morgan fingerprint density at radius 3 is 2.50 bits per heavy atom. The summed E-state index contributed by atoms with van der Waals surface area (Å²) in [5.74, 6) is -1.96. The fraction of sp³-hybridized carbons (Fsp3) is 0.385. The van der Waals surface area contributed by atoms with Crippen molar-refractivity contribution >= 4 is 29.1 Å². The molecule has 5 nitrogen and oxygen atoms in total. The second-order valence-corrected chi connectivity index (χ2v) is 4.51. The van der Waals surface area contributed by atoms with Gasteiger partial charge in [-0.15, -0.1) is 0 Å². The number of amides is 2. The van der Waals surface area contributed by atoms with Gasteiger partial charge in [0, 0.05) is 13.2 Å². The molecule has 0 aliphatic heterocycles. The first kappa shape index (κ1) is 18.2. The fourth-order valence-corrected chi connectivity index (χ4v) is 1.66. The molecular formula is C13H14ClF3N2O3. The van der Waals surface area contributed by atoms with Crippen molar-refractivity contribution in [3.05, 3.63) is 28.8 Å². The normalized spacial score (nSPS) is 11.1. The van der Waals surface area contributed by atoms with Gasteiger partial charge >= 0.3 is 18.0 Å². The summed E-state index contributed by atoms with van der Waals surface area (Å²) in [6.07, 6.45) is -4.54. The molecule has 0 fully saturated rings. The van der Waals surface area contributed by atoms with E-state index in [2.05, 4.69) is 10.6 Å². The van der Waals surface area contributed by atoms with Gasteiger partial charge in [0.15, 0.2) is 0 Å². The summed E-state index contributed by atoms with van der Waals surface area (Å²) in [7, 11) is 0. The molecule has 1 aromatic carbocycles. The second kappa shape index (κ2) is 8.00. The average molecular weight is 339 g/mol. The molecule has 0 aromatic heterocycles. The van der Waals surface area contributed by atoms with E-state index in [4.69, 9.17) is 16.3 Å². The monoisotopic (exact) mass is 338 g/mol. The lowest BCUT2D eigenvalue weighted by atomic mass is 10.2. The molecule has 122 valence electrons. The Labute approximate surface area is 129 Å². The highest BCUT2D eigenvalue weighted by Gasteiger charge is 2.31. The van der Waals surface area contributed by atoms with Crippen LogP contribution < -0.4 is 10.6 Å². The summed E-state index contributed by atoms with van der Waals surface area (Å²) in [4.78, 5) is 23.0. The van der Waals surface area contributed by atoms with E-state index in [1.165, 1.54) is 0 Å². The van der Waals surface area contributed by atoms with Crippen molar-refractivity contribution in [3.63, 3.8) is 0 Å². The Hall–Kier alpha value is -1.80. The lowest BCUT2D eigenvalue weighted by molar-refractivity contribution is -0.137. The summed E-state index contributed by atoms with van der Waals surface area (Å²) in [5, 5.41) is 4.12. The number of nitrogens with one attached hydrogen (secondary N) is 2. The van der Waals surface area contributed by atoms with Crippen molar-refractivity contribution in [2.24, 2.45) is 0 Å². The Morgan fingerprint density at radius 2 is 1.95 bits per heavy atom. The van der Waals surface area contributed by atoms with E-state index >= 15 is 0 Å². The quantitative estimate of drug-likeness (QED) is 0.640. The Bertz CT molecular complexity index is 550. The van der Waals surface area contributed by atoms with Crippen LogP contribution in [0.2, 0.25) is 5.02 Å². The van der Waals surface area contributed by atoms with E-state index in [0.29, 0.717) is 12.7 Å². The molecule has 0 aliphatic carbocycles. The van der Waals surface area contributed by atoms with Crippen molar-refractivity contribution in [2.45, 2.75) is 13.1 Å². The van der Waals surface area contributed by atoms with Gasteiger partial charge in [0.2, 0.25) is 0 Å². The number of carbonyl (C=O) groups is 2. The van der Waals surface area contributed by atoms with Crippen LogP contribution in [0.15, 0.2) is 18.2 Å². The van der Waals surface area contributed by atoms with E-state index in [1.54, 1.807) is 6.92 Å². The Kier molecular flexibility index (Phi) is 6.63. The summed E-state index contributed by atoms with van der Waals surface area (Å²) >= 11 is 5.66. The third kappa shape index (κ3) is 5.53. The number of hydrogen-bond donors (Lipinski definition) is 2. The van der Waals surface area contributed by atoms with Gasteiger partial charge in [-0.25, -0.2) is 0 Å². The molecule has 0 saturated heterocycles. The van der Waals surface area contributed by atoms with Crippen molar-refractivity contribution in [3.8, 4) is 0 Å². The maximum Gasteiger partial charge on any atom is 0.416 e. The minimum Gasteiger partial charge on any atom is -0.380 e. The first-order valence-electron chi connectivity index (χ1n) is 6.29. The van der Waals surface area contributed by atoms with Crippen molar-refractivity contribution in [1.29, 1.82) is 0 Å². The van der Waals surface area contributed by atoms with E-state index in [-0.39, 0.29) is 23.9 Å². The highest BCUT2D eigenvalue weighted by molar-refractivity contribution is 6.41. The van der Waals surface area contributed by atoms with Crippen LogP contribution in [-0.2, 0) is 20.5 Å². The molecule has 0 unspecified atom stereocenters. The topological polar surface area (TPSA) is 67.4 Å². The lowest BCUT2D eigenvalue weighted by Gasteiger charge is -2.11. The van der Waals surface area contributed by atoms with Crippen LogP contribution in [0.25, 0.3) is 0 Å². The minimum atomic E-state index is -4.54. The first-order valence-corrected chi connectivity index (χ1v) is 6.67. The molecule has 0 aliphatic rings. The predicted octanol–water partition coefficient (Wildman–Crippen LogP) is 2.45. The van der Waals surface area contributed by atoms with Crippen LogP contribution in [0.3, 0.4) is 0 Å². The molecule has 22 heavy (non-hydrogen) atoms. The molecule has 0 saturated carbocycles. The molecule has 1 aromatic rings. The summed E-state index contributed by atoms with van der Waals surface area (Å²) in [6.45, 7) is 2.64. The number of ether oxygens (including phenoxy) is 1. The molecule has 0 heterocycles. The second-order valence-electron chi connectivity index (χ2n) is 4.10. The van der Waals surface area contributed by atoms with E-state index in [9.17, 15) is 22.8 Å². The molecule has 0 radical (unpaired) electrons. The largest absolute Gasteiger partial charge is 0.416 e. The standard InChI is InChI=1S/C13H14ClF3N2O3/c1-2-22-6-5-18-11(20)12(21)19-10-4-3-8(7-9(10)14)13(15,16)17/h3-4,7H,2,5-6H2,1H3,(H,18,20)(H,19,21). The van der Waals surface area contributed by atoms with E-state index < -0.39 is 23.6 Å². The molecule has 2 amide bonds. The zero-order chi connectivity index (χ0) is 16.8. The number of hydrogen-bond acceptors (Lipinski definition) is 3. The van der Waals surface area contributed by atoms with Gasteiger partial charge in [-0.2, -0.15) is 13.2 Å². The lowest BCUT2D eigenvalue weighted by Crippen LogP contribution is -2.37. The molecule has 0 bridgehead atoms. The number of halogens is 4. The number of anilines is 1.